The van der Waals surface area contributed by atoms with E-state index in [0.29, 0.717) is 5.75 Å². The summed E-state index contributed by atoms with van der Waals surface area (Å²) in [6.45, 7) is 5.95. The van der Waals surface area contributed by atoms with Crippen molar-refractivity contribution in [2.45, 2.75) is 19.9 Å². The maximum Gasteiger partial charge on any atom is 0.165 e. The number of halogens is 1. The van der Waals surface area contributed by atoms with Gasteiger partial charge in [0, 0.05) is 19.6 Å². The van der Waals surface area contributed by atoms with Crippen molar-refractivity contribution in [3.05, 3.63) is 29.6 Å². The average Bonchev–Trinajstić information content (AvgIpc) is 2.37. The van der Waals surface area contributed by atoms with E-state index in [1.165, 1.54) is 13.2 Å². The Kier molecular flexibility index (Phi) is 6.68. The number of benzene rings is 1. The van der Waals surface area contributed by atoms with Crippen LogP contribution in [0.1, 0.15) is 18.9 Å². The Bertz CT molecular complexity index is 358. The van der Waals surface area contributed by atoms with Gasteiger partial charge in [-0.05, 0) is 37.7 Å². The van der Waals surface area contributed by atoms with E-state index in [9.17, 15) is 4.39 Å². The standard InChI is InChI=1S/C14H23FN2O/c1-4-7-16-8-9-17(2)11-12-5-6-13(15)14(10-12)18-3/h5-6,10,16H,4,7-9,11H2,1-3H3. The molecule has 4 heteroatoms. The molecule has 1 N–H and O–H groups in total. The summed E-state index contributed by atoms with van der Waals surface area (Å²) in [5.41, 5.74) is 1.06. The Balaban J connectivity index is 2.41. The van der Waals surface area contributed by atoms with Gasteiger partial charge in [-0.15, -0.1) is 0 Å². The van der Waals surface area contributed by atoms with Crippen molar-refractivity contribution < 1.29 is 9.13 Å². The van der Waals surface area contributed by atoms with Crippen LogP contribution in [0.2, 0.25) is 0 Å². The third-order valence-electron chi connectivity index (χ3n) is 2.77. The highest BCUT2D eigenvalue weighted by Gasteiger charge is 2.05. The number of rotatable bonds is 8. The van der Waals surface area contributed by atoms with E-state index < -0.39 is 0 Å². The van der Waals surface area contributed by atoms with Crippen molar-refractivity contribution in [3.8, 4) is 5.75 Å². The fourth-order valence-corrected chi connectivity index (χ4v) is 1.76. The van der Waals surface area contributed by atoms with Crippen molar-refractivity contribution in [2.75, 3.05) is 33.8 Å². The van der Waals surface area contributed by atoms with Crippen LogP contribution in [0.3, 0.4) is 0 Å². The van der Waals surface area contributed by atoms with Crippen LogP contribution in [-0.2, 0) is 6.54 Å². The van der Waals surface area contributed by atoms with E-state index in [1.807, 2.05) is 0 Å². The minimum Gasteiger partial charge on any atom is -0.494 e. The van der Waals surface area contributed by atoms with Gasteiger partial charge in [-0.25, -0.2) is 4.39 Å². The van der Waals surface area contributed by atoms with Gasteiger partial charge >= 0.3 is 0 Å². The van der Waals surface area contributed by atoms with E-state index in [2.05, 4.69) is 24.2 Å². The fraction of sp³-hybridized carbons (Fsp3) is 0.571. The predicted molar refractivity (Wildman–Crippen MR) is 72.4 cm³/mol. The molecule has 0 aliphatic rings. The van der Waals surface area contributed by atoms with Crippen LogP contribution >= 0.6 is 0 Å². The molecule has 0 aromatic heterocycles. The molecule has 1 aromatic carbocycles. The lowest BCUT2D eigenvalue weighted by atomic mass is 10.2. The lowest BCUT2D eigenvalue weighted by Crippen LogP contribution is -2.29. The van der Waals surface area contributed by atoms with Crippen LogP contribution < -0.4 is 10.1 Å². The van der Waals surface area contributed by atoms with Crippen LogP contribution in [0.4, 0.5) is 4.39 Å². The zero-order valence-corrected chi connectivity index (χ0v) is 11.5. The summed E-state index contributed by atoms with van der Waals surface area (Å²) in [4.78, 5) is 2.20. The second-order valence-electron chi connectivity index (χ2n) is 4.46. The minimum absolute atomic E-state index is 0.310. The summed E-state index contributed by atoms with van der Waals surface area (Å²) in [6.07, 6.45) is 1.15. The van der Waals surface area contributed by atoms with Crippen molar-refractivity contribution in [1.82, 2.24) is 10.2 Å². The number of nitrogens with one attached hydrogen (secondary N) is 1. The molecule has 0 saturated heterocycles. The van der Waals surface area contributed by atoms with Crippen molar-refractivity contribution in [2.24, 2.45) is 0 Å². The number of likely N-dealkylation sites (N-methyl/N-ethyl adjacent to an activating group) is 1. The maximum absolute atomic E-state index is 13.2. The summed E-state index contributed by atoms with van der Waals surface area (Å²) in [5, 5.41) is 3.36. The molecule has 0 aliphatic heterocycles. The molecule has 0 fully saturated rings. The second kappa shape index (κ2) is 8.06. The summed E-state index contributed by atoms with van der Waals surface area (Å²) < 4.78 is 18.2. The van der Waals surface area contributed by atoms with E-state index in [1.54, 1.807) is 12.1 Å². The second-order valence-corrected chi connectivity index (χ2v) is 4.46. The first-order valence-electron chi connectivity index (χ1n) is 6.39. The minimum atomic E-state index is -0.312. The molecular formula is C14H23FN2O. The van der Waals surface area contributed by atoms with Gasteiger partial charge < -0.3 is 15.0 Å². The highest BCUT2D eigenvalue weighted by atomic mass is 19.1. The zero-order valence-electron chi connectivity index (χ0n) is 11.5. The molecule has 0 saturated carbocycles. The van der Waals surface area contributed by atoms with Crippen molar-refractivity contribution >= 4 is 0 Å². The Morgan fingerprint density at radius 3 is 2.78 bits per heavy atom. The Morgan fingerprint density at radius 1 is 1.33 bits per heavy atom. The van der Waals surface area contributed by atoms with Crippen LogP contribution in [0.25, 0.3) is 0 Å². The molecule has 18 heavy (non-hydrogen) atoms. The largest absolute Gasteiger partial charge is 0.494 e. The first-order valence-corrected chi connectivity index (χ1v) is 6.39. The quantitative estimate of drug-likeness (QED) is 0.720. The number of ether oxygens (including phenoxy) is 1. The zero-order chi connectivity index (χ0) is 13.4. The third-order valence-corrected chi connectivity index (χ3v) is 2.77. The molecule has 1 aromatic rings. The van der Waals surface area contributed by atoms with Gasteiger partial charge in [-0.2, -0.15) is 0 Å². The Hall–Kier alpha value is -1.13. The van der Waals surface area contributed by atoms with E-state index in [0.717, 1.165) is 38.2 Å². The molecule has 0 atom stereocenters. The van der Waals surface area contributed by atoms with Crippen molar-refractivity contribution in [1.29, 1.82) is 0 Å². The van der Waals surface area contributed by atoms with Crippen LogP contribution in [0.5, 0.6) is 5.75 Å². The van der Waals surface area contributed by atoms with Gasteiger partial charge in [0.2, 0.25) is 0 Å². The Labute approximate surface area is 109 Å². The molecule has 0 bridgehead atoms. The summed E-state index contributed by atoms with van der Waals surface area (Å²) in [5.74, 6) is -0.00137. The smallest absolute Gasteiger partial charge is 0.165 e. The summed E-state index contributed by atoms with van der Waals surface area (Å²) in [7, 11) is 3.55. The van der Waals surface area contributed by atoms with Gasteiger partial charge in [-0.3, -0.25) is 0 Å². The van der Waals surface area contributed by atoms with Crippen molar-refractivity contribution in [3.63, 3.8) is 0 Å². The molecule has 0 heterocycles. The van der Waals surface area contributed by atoms with Gasteiger partial charge in [0.15, 0.2) is 11.6 Å². The topological polar surface area (TPSA) is 24.5 Å². The maximum atomic E-state index is 13.2. The monoisotopic (exact) mass is 254 g/mol. The Morgan fingerprint density at radius 2 is 2.11 bits per heavy atom. The van der Waals surface area contributed by atoms with E-state index in [4.69, 9.17) is 4.74 Å². The first kappa shape index (κ1) is 14.9. The van der Waals surface area contributed by atoms with E-state index >= 15 is 0 Å². The van der Waals surface area contributed by atoms with Gasteiger partial charge in [-0.1, -0.05) is 13.0 Å². The SMILES string of the molecule is CCCNCCN(C)Cc1ccc(F)c(OC)c1. The third kappa shape index (κ3) is 5.02. The normalized spacial score (nSPS) is 10.9. The molecule has 0 amide bonds. The number of hydrogen-bond donors (Lipinski definition) is 1. The van der Waals surface area contributed by atoms with Crippen LogP contribution in [-0.4, -0.2) is 38.7 Å². The summed E-state index contributed by atoms with van der Waals surface area (Å²) >= 11 is 0. The molecule has 0 unspecified atom stereocenters. The molecule has 102 valence electrons. The molecule has 1 rings (SSSR count). The lowest BCUT2D eigenvalue weighted by Gasteiger charge is -2.17. The molecule has 0 radical (unpaired) electrons. The average molecular weight is 254 g/mol. The van der Waals surface area contributed by atoms with Gasteiger partial charge in [0.1, 0.15) is 0 Å². The van der Waals surface area contributed by atoms with Crippen LogP contribution in [0, 0.1) is 5.82 Å². The lowest BCUT2D eigenvalue weighted by molar-refractivity contribution is 0.323. The molecular weight excluding hydrogens is 231 g/mol. The molecule has 0 aliphatic carbocycles. The van der Waals surface area contributed by atoms with Gasteiger partial charge in [0.25, 0.3) is 0 Å². The van der Waals surface area contributed by atoms with Gasteiger partial charge in [0.05, 0.1) is 7.11 Å². The fourth-order valence-electron chi connectivity index (χ4n) is 1.76. The number of hydrogen-bond acceptors (Lipinski definition) is 3. The number of methoxy groups -OCH3 is 1. The molecule has 0 spiro atoms. The van der Waals surface area contributed by atoms with Crippen LogP contribution in [0.15, 0.2) is 18.2 Å². The summed E-state index contributed by atoms with van der Waals surface area (Å²) in [6, 6.07) is 5.01. The number of nitrogens with zero attached hydrogens (tertiary/aromatic N) is 1. The highest BCUT2D eigenvalue weighted by molar-refractivity contribution is 5.30. The van der Waals surface area contributed by atoms with E-state index in [-0.39, 0.29) is 5.82 Å². The molecule has 3 nitrogen and oxygen atoms in total. The highest BCUT2D eigenvalue weighted by Crippen LogP contribution is 2.18. The predicted octanol–water partition coefficient (Wildman–Crippen LogP) is 2.27. The first-order chi connectivity index (χ1) is 8.67.